The van der Waals surface area contributed by atoms with Gasteiger partial charge in [-0.05, 0) is 37.1 Å². The van der Waals surface area contributed by atoms with E-state index in [2.05, 4.69) is 0 Å². The second-order valence-corrected chi connectivity index (χ2v) is 7.55. The van der Waals surface area contributed by atoms with Gasteiger partial charge in [0.05, 0.1) is 30.6 Å². The lowest BCUT2D eigenvalue weighted by Gasteiger charge is -2.27. The fourth-order valence-electron chi connectivity index (χ4n) is 2.70. The Kier molecular flexibility index (Phi) is 7.67. The highest BCUT2D eigenvalue weighted by Gasteiger charge is 2.37. The van der Waals surface area contributed by atoms with Crippen molar-refractivity contribution in [2.45, 2.75) is 39.2 Å². The number of thioether (sulfide) groups is 1. The molecule has 0 aliphatic carbocycles. The van der Waals surface area contributed by atoms with Crippen molar-refractivity contribution in [3.8, 4) is 11.5 Å². The lowest BCUT2D eigenvalue weighted by Crippen LogP contribution is -2.49. The van der Waals surface area contributed by atoms with Crippen LogP contribution in [0.3, 0.4) is 0 Å². The third-order valence-corrected chi connectivity index (χ3v) is 5.35. The monoisotopic (exact) mass is 408 g/mol. The summed E-state index contributed by atoms with van der Waals surface area (Å²) in [6.45, 7) is 4.34. The molecule has 1 aliphatic rings. The lowest BCUT2D eigenvalue weighted by molar-refractivity contribution is -0.310. The highest BCUT2D eigenvalue weighted by molar-refractivity contribution is 8.26. The Morgan fingerprint density at radius 3 is 2.70 bits per heavy atom. The van der Waals surface area contributed by atoms with Crippen LogP contribution in [0.4, 0.5) is 0 Å². The quantitative estimate of drug-likeness (QED) is 0.459. The second kappa shape index (κ2) is 9.75. The minimum Gasteiger partial charge on any atom is -0.548 e. The topological polar surface area (TPSA) is 78.9 Å². The molecule has 0 spiro atoms. The first-order chi connectivity index (χ1) is 12.9. The third kappa shape index (κ3) is 5.01. The van der Waals surface area contributed by atoms with Crippen molar-refractivity contribution < 1.29 is 24.2 Å². The molecule has 6 nitrogen and oxygen atoms in total. The normalized spacial score (nSPS) is 16.7. The van der Waals surface area contributed by atoms with E-state index in [4.69, 9.17) is 21.7 Å². The van der Waals surface area contributed by atoms with Gasteiger partial charge in [0.25, 0.3) is 5.91 Å². The number of carbonyl (C=O) groups is 2. The maximum atomic E-state index is 12.8. The zero-order valence-corrected chi connectivity index (χ0v) is 17.2. The van der Waals surface area contributed by atoms with Gasteiger partial charge in [-0.15, -0.1) is 0 Å². The van der Waals surface area contributed by atoms with Crippen molar-refractivity contribution >= 4 is 46.3 Å². The number of amides is 1. The third-order valence-electron chi connectivity index (χ3n) is 4.02. The second-order valence-electron chi connectivity index (χ2n) is 5.87. The van der Waals surface area contributed by atoms with Crippen LogP contribution in [0.25, 0.3) is 6.08 Å². The summed E-state index contributed by atoms with van der Waals surface area (Å²) >= 11 is 6.34. The van der Waals surface area contributed by atoms with Crippen molar-refractivity contribution in [2.75, 3.05) is 13.7 Å². The molecular formula is C19H22NO5S2-. The average molecular weight is 409 g/mol. The summed E-state index contributed by atoms with van der Waals surface area (Å²) in [5, 5.41) is 11.5. The Morgan fingerprint density at radius 2 is 2.11 bits per heavy atom. The van der Waals surface area contributed by atoms with Crippen LogP contribution in [0.1, 0.15) is 38.7 Å². The lowest BCUT2D eigenvalue weighted by atomic mass is 10.1. The van der Waals surface area contributed by atoms with Crippen molar-refractivity contribution in [2.24, 2.45) is 0 Å². The number of hydrogen-bond acceptors (Lipinski definition) is 7. The number of carboxylic acid groups (broad SMARTS) is 1. The maximum absolute atomic E-state index is 12.8. The highest BCUT2D eigenvalue weighted by Crippen LogP contribution is 2.36. The zero-order valence-electron chi connectivity index (χ0n) is 15.5. The average Bonchev–Trinajstić information content (AvgIpc) is 2.91. The number of nitrogens with zero attached hydrogens (tertiary/aromatic N) is 1. The molecule has 1 heterocycles. The van der Waals surface area contributed by atoms with Crippen LogP contribution in [-0.2, 0) is 9.59 Å². The number of thiocarbonyl (C=S) groups is 1. The van der Waals surface area contributed by atoms with E-state index in [1.807, 2.05) is 13.8 Å². The van der Waals surface area contributed by atoms with Gasteiger partial charge in [-0.3, -0.25) is 9.69 Å². The molecular weight excluding hydrogens is 386 g/mol. The van der Waals surface area contributed by atoms with Crippen molar-refractivity contribution in [3.63, 3.8) is 0 Å². The molecule has 1 fully saturated rings. The summed E-state index contributed by atoms with van der Waals surface area (Å²) in [7, 11) is 1.54. The van der Waals surface area contributed by atoms with E-state index in [0.29, 0.717) is 35.9 Å². The first-order valence-corrected chi connectivity index (χ1v) is 9.94. The first kappa shape index (κ1) is 21.2. The fourth-order valence-corrected chi connectivity index (χ4v) is 4.06. The molecule has 0 bridgehead atoms. The van der Waals surface area contributed by atoms with Crippen molar-refractivity contribution in [3.05, 3.63) is 28.7 Å². The van der Waals surface area contributed by atoms with Crippen LogP contribution in [-0.4, -0.2) is 40.9 Å². The van der Waals surface area contributed by atoms with Gasteiger partial charge < -0.3 is 19.4 Å². The smallest absolute Gasteiger partial charge is 0.266 e. The van der Waals surface area contributed by atoms with Gasteiger partial charge in [0.2, 0.25) is 0 Å². The van der Waals surface area contributed by atoms with Gasteiger partial charge >= 0.3 is 0 Å². The SMILES string of the molecule is CCCC[C@H](C(=O)[O-])N1C(=O)/C(=C/c2ccc(OCC)c(OC)c2)SC1=S. The Morgan fingerprint density at radius 1 is 1.37 bits per heavy atom. The van der Waals surface area contributed by atoms with Gasteiger partial charge in [0.1, 0.15) is 4.32 Å². The van der Waals surface area contributed by atoms with Gasteiger partial charge in [0, 0.05) is 0 Å². The standard InChI is InChI=1S/C19H23NO5S2/c1-4-6-7-13(18(22)23)20-17(21)16(27-19(20)26)11-12-8-9-14(25-5-2)15(10-12)24-3/h8-11,13H,4-7H2,1-3H3,(H,22,23)/p-1/b16-11-/t13-/m1/s1. The van der Waals surface area contributed by atoms with E-state index in [9.17, 15) is 14.7 Å². The van der Waals surface area contributed by atoms with Crippen LogP contribution < -0.4 is 14.6 Å². The molecule has 1 atom stereocenters. The Hall–Kier alpha value is -2.06. The summed E-state index contributed by atoms with van der Waals surface area (Å²) in [5.74, 6) is -0.537. The number of ether oxygens (including phenoxy) is 2. The molecule has 0 aromatic heterocycles. The number of carbonyl (C=O) groups excluding carboxylic acids is 2. The van der Waals surface area contributed by atoms with Crippen molar-refractivity contribution in [1.82, 2.24) is 4.90 Å². The Balaban J connectivity index is 2.28. The van der Waals surface area contributed by atoms with E-state index in [1.165, 1.54) is 0 Å². The van der Waals surface area contributed by atoms with E-state index in [-0.39, 0.29) is 4.32 Å². The number of methoxy groups -OCH3 is 1. The van der Waals surface area contributed by atoms with Gasteiger partial charge in [0.15, 0.2) is 11.5 Å². The van der Waals surface area contributed by atoms with Gasteiger partial charge in [-0.2, -0.15) is 0 Å². The highest BCUT2D eigenvalue weighted by atomic mass is 32.2. The van der Waals surface area contributed by atoms with Crippen molar-refractivity contribution in [1.29, 1.82) is 0 Å². The maximum Gasteiger partial charge on any atom is 0.266 e. The van der Waals surface area contributed by atoms with E-state index < -0.39 is 17.9 Å². The molecule has 0 N–H and O–H groups in total. The molecule has 0 saturated carbocycles. The van der Waals surface area contributed by atoms with Crippen LogP contribution in [0.2, 0.25) is 0 Å². The van der Waals surface area contributed by atoms with Gasteiger partial charge in [-0.1, -0.05) is 49.8 Å². The molecule has 1 amide bonds. The van der Waals surface area contributed by atoms with Crippen LogP contribution in [0.5, 0.6) is 11.5 Å². The number of rotatable bonds is 9. The summed E-state index contributed by atoms with van der Waals surface area (Å²) in [6, 6.07) is 4.27. The van der Waals surface area contributed by atoms with E-state index in [0.717, 1.165) is 28.6 Å². The summed E-state index contributed by atoms with van der Waals surface area (Å²) in [6.07, 6.45) is 3.48. The minimum absolute atomic E-state index is 0.231. The number of unbranched alkanes of at least 4 members (excludes halogenated alkanes) is 1. The molecule has 1 saturated heterocycles. The van der Waals surface area contributed by atoms with Crippen LogP contribution in [0, 0.1) is 0 Å². The first-order valence-electron chi connectivity index (χ1n) is 8.71. The molecule has 8 heteroatoms. The van der Waals surface area contributed by atoms with E-state index >= 15 is 0 Å². The molecule has 0 radical (unpaired) electrons. The number of carboxylic acids is 1. The Bertz CT molecular complexity index is 762. The minimum atomic E-state index is -1.29. The summed E-state index contributed by atoms with van der Waals surface area (Å²) in [4.78, 5) is 25.8. The number of hydrogen-bond donors (Lipinski definition) is 0. The number of benzene rings is 1. The summed E-state index contributed by atoms with van der Waals surface area (Å²) in [5.41, 5.74) is 0.731. The summed E-state index contributed by atoms with van der Waals surface area (Å²) < 4.78 is 11.0. The van der Waals surface area contributed by atoms with Gasteiger partial charge in [-0.25, -0.2) is 0 Å². The number of aliphatic carboxylic acids is 1. The van der Waals surface area contributed by atoms with E-state index in [1.54, 1.807) is 31.4 Å². The fraction of sp³-hybridized carbons (Fsp3) is 0.421. The predicted octanol–water partition coefficient (Wildman–Crippen LogP) is 2.60. The Labute approximate surface area is 168 Å². The molecule has 1 aliphatic heterocycles. The molecule has 27 heavy (non-hydrogen) atoms. The van der Waals surface area contributed by atoms with Crippen LogP contribution >= 0.6 is 24.0 Å². The molecule has 0 unspecified atom stereocenters. The predicted molar refractivity (Wildman–Crippen MR) is 107 cm³/mol. The zero-order chi connectivity index (χ0) is 20.0. The largest absolute Gasteiger partial charge is 0.548 e. The molecule has 2 rings (SSSR count). The molecule has 146 valence electrons. The van der Waals surface area contributed by atoms with Crippen LogP contribution in [0.15, 0.2) is 23.1 Å². The molecule has 1 aromatic carbocycles. The molecule has 1 aromatic rings.